The number of furan rings is 1. The zero-order chi connectivity index (χ0) is 42.0. The monoisotopic (exact) mass is 898 g/mol. The van der Waals surface area contributed by atoms with E-state index in [9.17, 15) is 0 Å². The van der Waals surface area contributed by atoms with Crippen LogP contribution < -0.4 is 0 Å². The number of para-hydroxylation sites is 2. The molecule has 0 aliphatic carbocycles. The average Bonchev–Trinajstić information content (AvgIpc) is 3.85. The molecule has 0 atom stereocenters. The quantitative estimate of drug-likeness (QED) is 0.150. The van der Waals surface area contributed by atoms with Gasteiger partial charge in [0, 0.05) is 57.5 Å². The first-order valence-electron chi connectivity index (χ1n) is 21.0. The van der Waals surface area contributed by atoms with E-state index in [1.807, 2.05) is 6.07 Å². The molecule has 9 aromatic rings. The van der Waals surface area contributed by atoms with Crippen LogP contribution in [0.5, 0.6) is 0 Å². The van der Waals surface area contributed by atoms with Gasteiger partial charge in [0.25, 0.3) is 0 Å². The summed E-state index contributed by atoms with van der Waals surface area (Å²) in [4.78, 5) is 9.30. The topological polar surface area (TPSA) is 43.9 Å². The number of fused-ring (bicyclic) bond motifs is 2. The normalized spacial score (nSPS) is 13.0. The Kier molecular flexibility index (Phi) is 9.22. The van der Waals surface area contributed by atoms with Crippen molar-refractivity contribution < 1.29 is 32.7 Å². The maximum Gasteiger partial charge on any atom is 0.0774 e. The van der Waals surface area contributed by atoms with Gasteiger partial charge in [-0.05, 0) is 72.4 Å². The summed E-state index contributed by atoms with van der Waals surface area (Å²) in [5.74, 6) is 0.826. The summed E-state index contributed by atoms with van der Waals surface area (Å²) < 4.78 is 51.9. The number of rotatable bonds is 7. The molecule has 0 N–H and O–H groups in total. The van der Waals surface area contributed by atoms with E-state index in [0.717, 1.165) is 74.2 Å². The van der Waals surface area contributed by atoms with Gasteiger partial charge in [-0.2, -0.15) is 0 Å². The molecular formula is C50H41IrN3O-2. The minimum absolute atomic E-state index is 0. The molecule has 0 saturated heterocycles. The van der Waals surface area contributed by atoms with E-state index in [2.05, 4.69) is 145 Å². The van der Waals surface area contributed by atoms with Gasteiger partial charge in [0.2, 0.25) is 0 Å². The molecular weight excluding hydrogens is 851 g/mol. The van der Waals surface area contributed by atoms with Crippen LogP contribution >= 0.6 is 0 Å². The number of benzene rings is 6. The van der Waals surface area contributed by atoms with Gasteiger partial charge in [-0.25, -0.2) is 0 Å². The second kappa shape index (κ2) is 16.6. The molecule has 3 aromatic heterocycles. The third kappa shape index (κ3) is 7.86. The van der Waals surface area contributed by atoms with E-state index < -0.39 is 13.7 Å². The van der Waals surface area contributed by atoms with Crippen molar-refractivity contribution in [3.05, 3.63) is 186 Å². The molecule has 0 aliphatic heterocycles. The van der Waals surface area contributed by atoms with E-state index in [1.54, 1.807) is 12.1 Å². The maximum absolute atomic E-state index is 7.28. The van der Waals surface area contributed by atoms with Gasteiger partial charge in [-0.3, -0.25) is 4.98 Å². The maximum atomic E-state index is 7.28. The summed E-state index contributed by atoms with van der Waals surface area (Å²) in [5.41, 5.74) is 13.5. The smallest absolute Gasteiger partial charge is 0.0774 e. The van der Waals surface area contributed by atoms with Gasteiger partial charge >= 0.3 is 0 Å². The van der Waals surface area contributed by atoms with Gasteiger partial charge in [-0.15, -0.1) is 35.4 Å². The Morgan fingerprint density at radius 2 is 1.42 bits per heavy atom. The fourth-order valence-corrected chi connectivity index (χ4v) is 6.89. The van der Waals surface area contributed by atoms with Crippen LogP contribution in [0.25, 0.3) is 72.6 Å². The fourth-order valence-electron chi connectivity index (χ4n) is 6.89. The fraction of sp³-hybridized carbons (Fsp3) is 0.120. The van der Waals surface area contributed by atoms with Gasteiger partial charge in [0.05, 0.1) is 22.5 Å². The van der Waals surface area contributed by atoms with Crippen molar-refractivity contribution in [1.29, 1.82) is 0 Å². The van der Waals surface area contributed by atoms with Crippen molar-refractivity contribution in [2.45, 2.75) is 40.4 Å². The molecule has 0 spiro atoms. The summed E-state index contributed by atoms with van der Waals surface area (Å²) in [5, 5.41) is 1.04. The largest absolute Gasteiger partial charge is 0.557 e. The SMILES string of the molecule is CCCc1ccc2o[c-]c(-c3nc4ccccc4n3-c3c(-c4ccccc4)cc(C)cc3-c3ccccc3)c2c1.[2H]C([2H])([2H])c1c[c-]c(-c2ccc(C([2H])([2H])[2H])cn2)cc1.[Ir]. The molecule has 0 saturated carbocycles. The number of nitrogens with zero attached hydrogens (tertiary/aromatic N) is 3. The minimum atomic E-state index is -2.18. The predicted molar refractivity (Wildman–Crippen MR) is 223 cm³/mol. The van der Waals surface area contributed by atoms with E-state index in [-0.39, 0.29) is 31.2 Å². The molecule has 1 radical (unpaired) electrons. The molecule has 273 valence electrons. The Labute approximate surface area is 345 Å². The molecule has 0 fully saturated rings. The Bertz CT molecular complexity index is 2790. The summed E-state index contributed by atoms with van der Waals surface area (Å²) in [6.45, 7) is 0.0375. The first kappa shape index (κ1) is 30.5. The second-order valence-electron chi connectivity index (χ2n) is 13.3. The third-order valence-electron chi connectivity index (χ3n) is 9.40. The summed E-state index contributed by atoms with van der Waals surface area (Å²) in [6.07, 6.45) is 6.65. The van der Waals surface area contributed by atoms with Crippen molar-refractivity contribution in [2.75, 3.05) is 0 Å². The molecule has 0 aliphatic rings. The van der Waals surface area contributed by atoms with Crippen molar-refractivity contribution in [2.24, 2.45) is 0 Å². The van der Waals surface area contributed by atoms with Crippen LogP contribution in [-0.4, -0.2) is 14.5 Å². The second-order valence-corrected chi connectivity index (χ2v) is 13.3. The molecule has 0 bridgehead atoms. The van der Waals surface area contributed by atoms with Crippen LogP contribution in [0.4, 0.5) is 0 Å². The van der Waals surface area contributed by atoms with E-state index in [4.69, 9.17) is 17.6 Å². The first-order chi connectivity index (χ1) is 28.9. The Morgan fingerprint density at radius 3 is 2.05 bits per heavy atom. The Balaban J connectivity index is 0.000000226. The number of imidazole rings is 1. The van der Waals surface area contributed by atoms with E-state index in [1.165, 1.54) is 35.5 Å². The van der Waals surface area contributed by atoms with Crippen LogP contribution in [0, 0.1) is 33.0 Å². The number of aryl methyl sites for hydroxylation is 4. The molecule has 55 heavy (non-hydrogen) atoms. The van der Waals surface area contributed by atoms with Crippen LogP contribution in [0.15, 0.2) is 156 Å². The molecule has 0 amide bonds. The van der Waals surface area contributed by atoms with E-state index >= 15 is 0 Å². The summed E-state index contributed by atoms with van der Waals surface area (Å²) in [6, 6.07) is 51.1. The third-order valence-corrected chi connectivity index (χ3v) is 9.40. The van der Waals surface area contributed by atoms with Gasteiger partial charge in [0.1, 0.15) is 0 Å². The number of pyridine rings is 1. The van der Waals surface area contributed by atoms with Gasteiger partial charge in [0.15, 0.2) is 0 Å². The van der Waals surface area contributed by atoms with Crippen LogP contribution in [0.3, 0.4) is 0 Å². The average molecular weight is 898 g/mol. The summed E-state index contributed by atoms with van der Waals surface area (Å²) in [7, 11) is 0. The Hall–Kier alpha value is -5.87. The first-order valence-corrected chi connectivity index (χ1v) is 18.0. The predicted octanol–water partition coefficient (Wildman–Crippen LogP) is 13.0. The standard InChI is InChI=1S/C37H29N2O.C13H12N.Ir/c1-3-12-26-19-20-35-31(23-26)32(24-40-35)37-38-33-17-10-11-18-34(33)39(37)36-29(27-13-6-4-7-14-27)21-25(2)22-30(36)28-15-8-5-9-16-28;1-10-3-6-12(7-4-10)13-8-5-11(2)9-14-13;/h4-11,13-23H,3,12H2,1-2H3;3-6,8-9H,1-2H3;/q2*-1;/i;1D3,2D3;. The molecule has 4 nitrogen and oxygen atoms in total. The van der Waals surface area contributed by atoms with Crippen molar-refractivity contribution in [1.82, 2.24) is 14.5 Å². The molecule has 9 rings (SSSR count). The van der Waals surface area contributed by atoms with Crippen molar-refractivity contribution >= 4 is 22.0 Å². The molecule has 6 aromatic carbocycles. The molecule has 3 heterocycles. The van der Waals surface area contributed by atoms with Crippen LogP contribution in [0.1, 0.15) is 43.8 Å². The van der Waals surface area contributed by atoms with Gasteiger partial charge in [-0.1, -0.05) is 140 Å². The van der Waals surface area contributed by atoms with Gasteiger partial charge < -0.3 is 14.0 Å². The van der Waals surface area contributed by atoms with E-state index in [0.29, 0.717) is 11.3 Å². The van der Waals surface area contributed by atoms with Crippen molar-refractivity contribution in [3.8, 4) is 50.6 Å². The number of hydrogen-bond acceptors (Lipinski definition) is 3. The number of aromatic nitrogens is 3. The molecule has 5 heteroatoms. The molecule has 0 unspecified atom stereocenters. The van der Waals surface area contributed by atoms with Crippen LogP contribution in [0.2, 0.25) is 0 Å². The Morgan fingerprint density at radius 1 is 0.727 bits per heavy atom. The zero-order valence-corrected chi connectivity index (χ0v) is 32.8. The number of hydrogen-bond donors (Lipinski definition) is 0. The summed E-state index contributed by atoms with van der Waals surface area (Å²) >= 11 is 0. The van der Waals surface area contributed by atoms with Crippen LogP contribution in [-0.2, 0) is 26.5 Å². The zero-order valence-electron chi connectivity index (χ0n) is 36.4. The minimum Gasteiger partial charge on any atom is -0.557 e. The van der Waals surface area contributed by atoms with Crippen molar-refractivity contribution in [3.63, 3.8) is 0 Å².